The Morgan fingerprint density at radius 2 is 1.77 bits per heavy atom. The third-order valence-electron chi connectivity index (χ3n) is 4.75. The van der Waals surface area contributed by atoms with Crippen molar-refractivity contribution in [2.75, 3.05) is 0 Å². The maximum absolute atomic E-state index is 13.1. The van der Waals surface area contributed by atoms with Crippen molar-refractivity contribution in [1.82, 2.24) is 20.1 Å². The third kappa shape index (κ3) is 5.58. The Morgan fingerprint density at radius 3 is 2.55 bits per heavy atom. The summed E-state index contributed by atoms with van der Waals surface area (Å²) in [6.45, 7) is 1.05. The van der Waals surface area contributed by atoms with Gasteiger partial charge >= 0.3 is 0 Å². The smallest absolute Gasteiger partial charge is 0.254 e. The lowest BCUT2D eigenvalue weighted by atomic mass is 10.1. The maximum Gasteiger partial charge on any atom is 0.254 e. The summed E-state index contributed by atoms with van der Waals surface area (Å²) < 4.78 is 15.0. The van der Waals surface area contributed by atoms with E-state index in [9.17, 15) is 9.18 Å². The number of rotatable bonds is 8. The van der Waals surface area contributed by atoms with Gasteiger partial charge in [-0.2, -0.15) is 5.10 Å². The van der Waals surface area contributed by atoms with Crippen molar-refractivity contribution in [3.8, 4) is 0 Å². The Kier molecular flexibility index (Phi) is 6.74. The normalized spacial score (nSPS) is 10.7. The molecule has 0 saturated heterocycles. The van der Waals surface area contributed by atoms with Gasteiger partial charge in [-0.3, -0.25) is 9.48 Å². The summed E-state index contributed by atoms with van der Waals surface area (Å²) >= 11 is 1.46. The summed E-state index contributed by atoms with van der Waals surface area (Å²) in [4.78, 5) is 17.3. The number of nitrogens with one attached hydrogen (secondary N) is 1. The van der Waals surface area contributed by atoms with Gasteiger partial charge in [0.25, 0.3) is 5.91 Å². The fourth-order valence-electron chi connectivity index (χ4n) is 3.13. The summed E-state index contributed by atoms with van der Waals surface area (Å²) in [5.41, 5.74) is 3.63. The van der Waals surface area contributed by atoms with Gasteiger partial charge in [-0.25, -0.2) is 9.37 Å². The first-order valence-electron chi connectivity index (χ1n) is 9.84. The van der Waals surface area contributed by atoms with Crippen LogP contribution < -0.4 is 5.32 Å². The fraction of sp³-hybridized carbons (Fsp3) is 0.125. The number of hydrogen-bond acceptors (Lipinski definition) is 4. The van der Waals surface area contributed by atoms with Crippen LogP contribution in [0.25, 0.3) is 0 Å². The second-order valence-electron chi connectivity index (χ2n) is 6.93. The SMILES string of the molecule is O=C(NCc1ccccc1Cn1cccn1)c1cccnc1SCc1ccc(F)cc1. The molecule has 0 radical (unpaired) electrons. The van der Waals surface area contributed by atoms with Crippen molar-refractivity contribution in [2.45, 2.75) is 23.9 Å². The molecule has 1 amide bonds. The lowest BCUT2D eigenvalue weighted by Crippen LogP contribution is -2.24. The van der Waals surface area contributed by atoms with Crippen molar-refractivity contribution in [1.29, 1.82) is 0 Å². The molecule has 0 aliphatic carbocycles. The van der Waals surface area contributed by atoms with E-state index < -0.39 is 0 Å². The van der Waals surface area contributed by atoms with Gasteiger partial charge in [0.05, 0.1) is 12.1 Å². The monoisotopic (exact) mass is 432 g/mol. The maximum atomic E-state index is 13.1. The molecule has 0 bridgehead atoms. The fourth-order valence-corrected chi connectivity index (χ4v) is 4.08. The minimum Gasteiger partial charge on any atom is -0.348 e. The number of carbonyl (C=O) groups is 1. The molecule has 0 atom stereocenters. The van der Waals surface area contributed by atoms with E-state index in [1.807, 2.05) is 41.2 Å². The first kappa shape index (κ1) is 20.8. The number of thioether (sulfide) groups is 1. The molecule has 5 nitrogen and oxygen atoms in total. The second kappa shape index (κ2) is 10.0. The Balaban J connectivity index is 1.42. The zero-order chi connectivity index (χ0) is 21.5. The molecule has 31 heavy (non-hydrogen) atoms. The van der Waals surface area contributed by atoms with E-state index in [4.69, 9.17) is 0 Å². The van der Waals surface area contributed by atoms with Gasteiger partial charge in [-0.15, -0.1) is 11.8 Å². The van der Waals surface area contributed by atoms with Gasteiger partial charge in [0.2, 0.25) is 0 Å². The molecule has 1 N–H and O–H groups in total. The number of nitrogens with zero attached hydrogens (tertiary/aromatic N) is 3. The predicted molar refractivity (Wildman–Crippen MR) is 119 cm³/mol. The number of benzene rings is 2. The van der Waals surface area contributed by atoms with Crippen LogP contribution in [0.5, 0.6) is 0 Å². The summed E-state index contributed by atoms with van der Waals surface area (Å²) in [7, 11) is 0. The zero-order valence-electron chi connectivity index (χ0n) is 16.7. The summed E-state index contributed by atoms with van der Waals surface area (Å²) in [5, 5.41) is 7.91. The number of aromatic nitrogens is 3. The van der Waals surface area contributed by atoms with Crippen molar-refractivity contribution in [3.05, 3.63) is 113 Å². The molecule has 0 aliphatic rings. The lowest BCUT2D eigenvalue weighted by Gasteiger charge is -2.12. The molecule has 0 aliphatic heterocycles. The zero-order valence-corrected chi connectivity index (χ0v) is 17.6. The Hall–Kier alpha value is -3.45. The van der Waals surface area contributed by atoms with Crippen LogP contribution in [0.4, 0.5) is 4.39 Å². The second-order valence-corrected chi connectivity index (χ2v) is 7.89. The number of hydrogen-bond donors (Lipinski definition) is 1. The minimum absolute atomic E-state index is 0.177. The molecule has 2 aromatic heterocycles. The quantitative estimate of drug-likeness (QED) is 0.411. The van der Waals surface area contributed by atoms with Crippen LogP contribution in [0.1, 0.15) is 27.0 Å². The molecule has 0 spiro atoms. The van der Waals surface area contributed by atoms with Crippen molar-refractivity contribution in [2.24, 2.45) is 0 Å². The largest absolute Gasteiger partial charge is 0.348 e. The van der Waals surface area contributed by atoms with Crippen molar-refractivity contribution >= 4 is 17.7 Å². The Morgan fingerprint density at radius 1 is 0.968 bits per heavy atom. The molecule has 0 fully saturated rings. The van der Waals surface area contributed by atoms with Gasteiger partial charge in [-0.05, 0) is 47.0 Å². The number of pyridine rings is 1. The number of amides is 1. The van der Waals surface area contributed by atoms with E-state index in [0.717, 1.165) is 16.7 Å². The van der Waals surface area contributed by atoms with Crippen LogP contribution in [0, 0.1) is 5.82 Å². The molecule has 4 rings (SSSR count). The van der Waals surface area contributed by atoms with Gasteiger partial charge in [0.1, 0.15) is 10.8 Å². The molecule has 2 heterocycles. The van der Waals surface area contributed by atoms with Gasteiger partial charge in [-0.1, -0.05) is 36.4 Å². The van der Waals surface area contributed by atoms with Crippen LogP contribution >= 0.6 is 11.8 Å². The van der Waals surface area contributed by atoms with E-state index in [1.165, 1.54) is 23.9 Å². The molecule has 0 saturated carbocycles. The van der Waals surface area contributed by atoms with Crippen LogP contribution in [-0.4, -0.2) is 20.7 Å². The molecule has 0 unspecified atom stereocenters. The first-order valence-corrected chi connectivity index (χ1v) is 10.8. The highest BCUT2D eigenvalue weighted by molar-refractivity contribution is 7.98. The van der Waals surface area contributed by atoms with E-state index in [2.05, 4.69) is 15.4 Å². The van der Waals surface area contributed by atoms with Gasteiger partial charge in [0.15, 0.2) is 0 Å². The van der Waals surface area contributed by atoms with E-state index >= 15 is 0 Å². The van der Waals surface area contributed by atoms with Crippen LogP contribution in [0.2, 0.25) is 0 Å². The summed E-state index contributed by atoms with van der Waals surface area (Å²) in [6.07, 6.45) is 5.33. The topological polar surface area (TPSA) is 59.8 Å². The average molecular weight is 433 g/mol. The van der Waals surface area contributed by atoms with Gasteiger partial charge < -0.3 is 5.32 Å². The van der Waals surface area contributed by atoms with Crippen LogP contribution in [0.3, 0.4) is 0 Å². The standard InChI is InChI=1S/C24H21FN4OS/c25-21-10-8-18(9-11-21)17-31-24-22(7-3-12-26-24)23(30)27-15-19-5-1-2-6-20(19)16-29-14-4-13-28-29/h1-14H,15-17H2,(H,27,30). The Bertz CT molecular complexity index is 1150. The highest BCUT2D eigenvalue weighted by Gasteiger charge is 2.13. The number of halogens is 1. The van der Waals surface area contributed by atoms with Crippen molar-refractivity contribution in [3.63, 3.8) is 0 Å². The van der Waals surface area contributed by atoms with E-state index in [-0.39, 0.29) is 11.7 Å². The summed E-state index contributed by atoms with van der Waals surface area (Å²) in [5.74, 6) is 0.160. The third-order valence-corrected chi connectivity index (χ3v) is 5.83. The molecular weight excluding hydrogens is 411 g/mol. The van der Waals surface area contributed by atoms with E-state index in [1.54, 1.807) is 36.7 Å². The highest BCUT2D eigenvalue weighted by Crippen LogP contribution is 2.24. The molecular formula is C24H21FN4OS. The first-order chi connectivity index (χ1) is 15.2. The molecule has 2 aromatic carbocycles. The molecule has 156 valence electrons. The van der Waals surface area contributed by atoms with Crippen molar-refractivity contribution < 1.29 is 9.18 Å². The summed E-state index contributed by atoms with van der Waals surface area (Å²) in [6, 6.07) is 19.7. The lowest BCUT2D eigenvalue weighted by molar-refractivity contribution is 0.0947. The average Bonchev–Trinajstić information content (AvgIpc) is 3.31. The molecule has 4 aromatic rings. The predicted octanol–water partition coefficient (Wildman–Crippen LogP) is 4.69. The highest BCUT2D eigenvalue weighted by atomic mass is 32.2. The van der Waals surface area contributed by atoms with E-state index in [0.29, 0.717) is 29.4 Å². The molecule has 7 heteroatoms. The van der Waals surface area contributed by atoms with Gasteiger partial charge in [0, 0.05) is 30.9 Å². The van der Waals surface area contributed by atoms with Crippen LogP contribution in [-0.2, 0) is 18.8 Å². The Labute approximate surface area is 184 Å². The van der Waals surface area contributed by atoms with Crippen LogP contribution in [0.15, 0.2) is 90.3 Å². The number of carbonyl (C=O) groups excluding carboxylic acids is 1. The minimum atomic E-state index is -0.264.